The minimum absolute atomic E-state index is 0.950. The predicted molar refractivity (Wildman–Crippen MR) is 98.0 cm³/mol. The van der Waals surface area contributed by atoms with Gasteiger partial charge in [0.1, 0.15) is 0 Å². The van der Waals surface area contributed by atoms with Crippen LogP contribution in [0.3, 0.4) is 0 Å². The van der Waals surface area contributed by atoms with Crippen LogP contribution in [0.25, 0.3) is 10.9 Å². The number of fused-ring (bicyclic) bond motifs is 3. The van der Waals surface area contributed by atoms with Crippen molar-refractivity contribution in [2.45, 2.75) is 26.8 Å². The van der Waals surface area contributed by atoms with Crippen molar-refractivity contribution in [2.75, 3.05) is 13.6 Å². The maximum atomic E-state index is 4.32. The first-order valence-corrected chi connectivity index (χ1v) is 8.37. The van der Waals surface area contributed by atoms with Gasteiger partial charge in [-0.05, 0) is 56.3 Å². The lowest BCUT2D eigenvalue weighted by Crippen LogP contribution is -2.25. The van der Waals surface area contributed by atoms with Crippen molar-refractivity contribution in [3.63, 3.8) is 0 Å². The van der Waals surface area contributed by atoms with E-state index in [9.17, 15) is 0 Å². The third kappa shape index (κ3) is 2.70. The molecule has 0 aliphatic carbocycles. The summed E-state index contributed by atoms with van der Waals surface area (Å²) in [5.41, 5.74) is 8.27. The fraction of sp³-hybridized carbons (Fsp3) is 0.286. The van der Waals surface area contributed by atoms with Gasteiger partial charge in [-0.2, -0.15) is 0 Å². The largest absolute Gasteiger partial charge is 0.357 e. The molecule has 3 nitrogen and oxygen atoms in total. The molecule has 3 aromatic rings. The van der Waals surface area contributed by atoms with Crippen molar-refractivity contribution in [1.29, 1.82) is 0 Å². The van der Waals surface area contributed by atoms with Crippen molar-refractivity contribution >= 4 is 10.9 Å². The van der Waals surface area contributed by atoms with E-state index in [4.69, 9.17) is 0 Å². The summed E-state index contributed by atoms with van der Waals surface area (Å²) in [4.78, 5) is 10.3. The molecule has 0 saturated carbocycles. The standard InChI is InChI=1S/C21H21N3/c1-14-10-17(7-6-16-5-4-15(2)22-12-16)21-18(11-14)19-13-24(3)9-8-20(19)23-21/h4-5,10-12,23H,8-9,13H2,1-3H3. The van der Waals surface area contributed by atoms with Crippen molar-refractivity contribution in [3.05, 3.63) is 64.1 Å². The first-order chi connectivity index (χ1) is 11.6. The molecule has 1 aliphatic rings. The number of aromatic nitrogens is 2. The molecule has 3 heteroatoms. The van der Waals surface area contributed by atoms with E-state index in [2.05, 4.69) is 52.8 Å². The number of aryl methyl sites for hydroxylation is 2. The summed E-state index contributed by atoms with van der Waals surface area (Å²) >= 11 is 0. The van der Waals surface area contributed by atoms with E-state index in [0.29, 0.717) is 0 Å². The zero-order chi connectivity index (χ0) is 16.7. The Balaban J connectivity index is 1.83. The second-order valence-electron chi connectivity index (χ2n) is 6.74. The minimum atomic E-state index is 0.950. The molecule has 0 fully saturated rings. The van der Waals surface area contributed by atoms with Gasteiger partial charge in [0.05, 0.1) is 5.52 Å². The summed E-state index contributed by atoms with van der Waals surface area (Å²) in [6, 6.07) is 8.47. The number of hydrogen-bond acceptors (Lipinski definition) is 2. The summed E-state index contributed by atoms with van der Waals surface area (Å²) in [7, 11) is 2.18. The van der Waals surface area contributed by atoms with E-state index in [1.54, 1.807) is 0 Å². The van der Waals surface area contributed by atoms with Crippen LogP contribution in [0.5, 0.6) is 0 Å². The van der Waals surface area contributed by atoms with Gasteiger partial charge in [-0.1, -0.05) is 11.8 Å². The highest BCUT2D eigenvalue weighted by Crippen LogP contribution is 2.30. The predicted octanol–water partition coefficient (Wildman–Crippen LogP) is 3.57. The van der Waals surface area contributed by atoms with Crippen LogP contribution in [-0.4, -0.2) is 28.5 Å². The molecular weight excluding hydrogens is 294 g/mol. The molecule has 3 heterocycles. The SMILES string of the molecule is Cc1cc(C#Cc2ccc(C)nc2)c2[nH]c3c(c2c1)CN(C)CC3. The lowest BCUT2D eigenvalue weighted by molar-refractivity contribution is 0.313. The molecule has 4 rings (SSSR count). The van der Waals surface area contributed by atoms with Gasteiger partial charge in [0, 0.05) is 53.6 Å². The highest BCUT2D eigenvalue weighted by Gasteiger charge is 2.19. The Morgan fingerprint density at radius 2 is 2.04 bits per heavy atom. The Morgan fingerprint density at radius 3 is 2.83 bits per heavy atom. The van der Waals surface area contributed by atoms with Crippen molar-refractivity contribution in [2.24, 2.45) is 0 Å². The fourth-order valence-electron chi connectivity index (χ4n) is 3.37. The van der Waals surface area contributed by atoms with Crippen LogP contribution in [0.2, 0.25) is 0 Å². The van der Waals surface area contributed by atoms with E-state index < -0.39 is 0 Å². The molecule has 24 heavy (non-hydrogen) atoms. The van der Waals surface area contributed by atoms with Crippen LogP contribution in [-0.2, 0) is 13.0 Å². The van der Waals surface area contributed by atoms with Crippen LogP contribution >= 0.6 is 0 Å². The monoisotopic (exact) mass is 315 g/mol. The molecule has 0 bridgehead atoms. The van der Waals surface area contributed by atoms with Gasteiger partial charge in [-0.15, -0.1) is 0 Å². The number of benzene rings is 1. The molecule has 0 saturated heterocycles. The lowest BCUT2D eigenvalue weighted by Gasteiger charge is -2.22. The molecule has 1 N–H and O–H groups in total. The molecule has 1 aliphatic heterocycles. The lowest BCUT2D eigenvalue weighted by atomic mass is 10.0. The highest BCUT2D eigenvalue weighted by molar-refractivity contribution is 5.90. The molecule has 0 atom stereocenters. The molecular formula is C21H21N3. The van der Waals surface area contributed by atoms with E-state index in [1.165, 1.54) is 27.7 Å². The maximum absolute atomic E-state index is 4.32. The second kappa shape index (κ2) is 5.81. The zero-order valence-corrected chi connectivity index (χ0v) is 14.4. The Labute approximate surface area is 142 Å². The van der Waals surface area contributed by atoms with Crippen LogP contribution in [0.1, 0.15) is 33.6 Å². The van der Waals surface area contributed by atoms with Gasteiger partial charge in [0.2, 0.25) is 0 Å². The maximum Gasteiger partial charge on any atom is 0.0618 e. The number of H-pyrrole nitrogens is 1. The molecule has 0 radical (unpaired) electrons. The number of rotatable bonds is 0. The zero-order valence-electron chi connectivity index (χ0n) is 14.4. The number of nitrogens with one attached hydrogen (secondary N) is 1. The average molecular weight is 315 g/mol. The van der Waals surface area contributed by atoms with Gasteiger partial charge in [-0.3, -0.25) is 4.98 Å². The normalized spacial score (nSPS) is 14.3. The number of pyridine rings is 1. The van der Waals surface area contributed by atoms with Gasteiger partial charge >= 0.3 is 0 Å². The van der Waals surface area contributed by atoms with Gasteiger partial charge in [-0.25, -0.2) is 0 Å². The molecule has 0 unspecified atom stereocenters. The van der Waals surface area contributed by atoms with Crippen molar-refractivity contribution < 1.29 is 0 Å². The number of nitrogens with zero attached hydrogens (tertiary/aromatic N) is 2. The smallest absolute Gasteiger partial charge is 0.0618 e. The third-order valence-electron chi connectivity index (χ3n) is 4.67. The van der Waals surface area contributed by atoms with Gasteiger partial charge in [0.15, 0.2) is 0 Å². The number of hydrogen-bond donors (Lipinski definition) is 1. The van der Waals surface area contributed by atoms with E-state index in [1.807, 2.05) is 25.3 Å². The highest BCUT2D eigenvalue weighted by atomic mass is 15.1. The quantitative estimate of drug-likeness (QED) is 0.643. The Morgan fingerprint density at radius 1 is 1.17 bits per heavy atom. The van der Waals surface area contributed by atoms with Gasteiger partial charge < -0.3 is 9.88 Å². The van der Waals surface area contributed by atoms with Crippen LogP contribution in [0.15, 0.2) is 30.5 Å². The molecule has 120 valence electrons. The van der Waals surface area contributed by atoms with Crippen molar-refractivity contribution in [3.8, 4) is 11.8 Å². The summed E-state index contributed by atoms with van der Waals surface area (Å²) in [5, 5.41) is 1.32. The molecule has 0 amide bonds. The summed E-state index contributed by atoms with van der Waals surface area (Å²) in [5.74, 6) is 6.60. The summed E-state index contributed by atoms with van der Waals surface area (Å²) in [6.45, 7) is 6.24. The molecule has 1 aromatic carbocycles. The summed E-state index contributed by atoms with van der Waals surface area (Å²) < 4.78 is 0. The van der Waals surface area contributed by atoms with E-state index in [0.717, 1.165) is 36.3 Å². The number of likely N-dealkylation sites (N-methyl/N-ethyl adjacent to an activating group) is 1. The average Bonchev–Trinajstić information content (AvgIpc) is 2.92. The third-order valence-corrected chi connectivity index (χ3v) is 4.67. The van der Waals surface area contributed by atoms with Crippen molar-refractivity contribution in [1.82, 2.24) is 14.9 Å². The first kappa shape index (κ1) is 15.0. The fourth-order valence-corrected chi connectivity index (χ4v) is 3.37. The topological polar surface area (TPSA) is 31.9 Å². The van der Waals surface area contributed by atoms with Gasteiger partial charge in [0.25, 0.3) is 0 Å². The van der Waals surface area contributed by atoms with Crippen LogP contribution in [0, 0.1) is 25.7 Å². The molecule has 0 spiro atoms. The Hall–Kier alpha value is -2.57. The Kier molecular flexibility index (Phi) is 3.63. The second-order valence-corrected chi connectivity index (χ2v) is 6.74. The van der Waals surface area contributed by atoms with Crippen LogP contribution < -0.4 is 0 Å². The van der Waals surface area contributed by atoms with Crippen LogP contribution in [0.4, 0.5) is 0 Å². The minimum Gasteiger partial charge on any atom is -0.357 e. The Bertz CT molecular complexity index is 968. The number of aromatic amines is 1. The van der Waals surface area contributed by atoms with E-state index >= 15 is 0 Å². The first-order valence-electron chi connectivity index (χ1n) is 8.37. The molecule has 2 aromatic heterocycles. The van der Waals surface area contributed by atoms with E-state index in [-0.39, 0.29) is 0 Å². The summed E-state index contributed by atoms with van der Waals surface area (Å²) in [6.07, 6.45) is 2.92.